The largest absolute Gasteiger partial charge is 0.384 e. The number of carbonyl (C=O) groups is 1. The van der Waals surface area contributed by atoms with Crippen molar-refractivity contribution < 1.29 is 9.90 Å². The van der Waals surface area contributed by atoms with Crippen LogP contribution >= 0.6 is 0 Å². The highest BCUT2D eigenvalue weighted by Crippen LogP contribution is 2.14. The Hall–Kier alpha value is -2.64. The van der Waals surface area contributed by atoms with Crippen molar-refractivity contribution in [1.82, 2.24) is 4.98 Å². The van der Waals surface area contributed by atoms with E-state index in [9.17, 15) is 4.79 Å². The topological polar surface area (TPSA) is 62.2 Å². The first kappa shape index (κ1) is 13.8. The summed E-state index contributed by atoms with van der Waals surface area (Å²) < 4.78 is 0. The van der Waals surface area contributed by atoms with E-state index in [4.69, 9.17) is 5.11 Å². The zero-order chi connectivity index (χ0) is 14.2. The zero-order valence-electron chi connectivity index (χ0n) is 10.8. The predicted molar refractivity (Wildman–Crippen MR) is 77.0 cm³/mol. The van der Waals surface area contributed by atoms with Gasteiger partial charge in [0, 0.05) is 18.0 Å². The van der Waals surface area contributed by atoms with Crippen LogP contribution < -0.4 is 5.32 Å². The van der Waals surface area contributed by atoms with Crippen molar-refractivity contribution in [2.45, 2.75) is 6.42 Å². The van der Waals surface area contributed by atoms with Crippen LogP contribution in [0.4, 0.5) is 5.69 Å². The Bertz CT molecular complexity index is 642. The highest BCUT2D eigenvalue weighted by Gasteiger charge is 2.06. The van der Waals surface area contributed by atoms with Crippen LogP contribution in [0.1, 0.15) is 11.1 Å². The SMILES string of the molecule is O=C(Cc1cccnc1)Nc1ccccc1C#CCO. The van der Waals surface area contributed by atoms with Gasteiger partial charge in [-0.3, -0.25) is 9.78 Å². The first-order valence-corrected chi connectivity index (χ1v) is 6.17. The molecule has 0 bridgehead atoms. The third kappa shape index (κ3) is 3.94. The molecule has 0 unspecified atom stereocenters. The molecule has 100 valence electrons. The summed E-state index contributed by atoms with van der Waals surface area (Å²) in [5.41, 5.74) is 2.17. The van der Waals surface area contributed by atoms with Crippen LogP contribution in [0, 0.1) is 11.8 Å². The normalized spacial score (nSPS) is 9.45. The molecule has 2 rings (SSSR count). The summed E-state index contributed by atoms with van der Waals surface area (Å²) in [6.07, 6.45) is 3.59. The minimum Gasteiger partial charge on any atom is -0.384 e. The van der Waals surface area contributed by atoms with Gasteiger partial charge in [0.15, 0.2) is 0 Å². The number of para-hydroxylation sites is 1. The maximum atomic E-state index is 12.0. The number of aliphatic hydroxyl groups is 1. The highest BCUT2D eigenvalue weighted by atomic mass is 16.2. The molecule has 0 aliphatic carbocycles. The Labute approximate surface area is 117 Å². The number of nitrogens with one attached hydrogen (secondary N) is 1. The zero-order valence-corrected chi connectivity index (χ0v) is 10.8. The lowest BCUT2D eigenvalue weighted by Crippen LogP contribution is -2.15. The van der Waals surface area contributed by atoms with Crippen LogP contribution in [-0.2, 0) is 11.2 Å². The maximum absolute atomic E-state index is 12.0. The van der Waals surface area contributed by atoms with E-state index in [1.54, 1.807) is 30.6 Å². The van der Waals surface area contributed by atoms with Gasteiger partial charge in [0.25, 0.3) is 0 Å². The molecule has 0 radical (unpaired) electrons. The summed E-state index contributed by atoms with van der Waals surface area (Å²) in [5.74, 6) is 5.25. The molecule has 1 heterocycles. The van der Waals surface area contributed by atoms with E-state index >= 15 is 0 Å². The molecular weight excluding hydrogens is 252 g/mol. The van der Waals surface area contributed by atoms with Gasteiger partial charge in [-0.25, -0.2) is 0 Å². The molecule has 0 aliphatic heterocycles. The molecule has 2 aromatic rings. The van der Waals surface area contributed by atoms with Gasteiger partial charge < -0.3 is 10.4 Å². The number of aliphatic hydroxyl groups excluding tert-OH is 1. The number of hydrogen-bond donors (Lipinski definition) is 2. The third-order valence-electron chi connectivity index (χ3n) is 2.59. The summed E-state index contributed by atoms with van der Waals surface area (Å²) in [6, 6.07) is 10.9. The molecule has 2 N–H and O–H groups in total. The quantitative estimate of drug-likeness (QED) is 0.830. The molecular formula is C16H14N2O2. The lowest BCUT2D eigenvalue weighted by Gasteiger charge is -2.07. The van der Waals surface area contributed by atoms with Crippen molar-refractivity contribution >= 4 is 11.6 Å². The third-order valence-corrected chi connectivity index (χ3v) is 2.59. The lowest BCUT2D eigenvalue weighted by molar-refractivity contribution is -0.115. The van der Waals surface area contributed by atoms with Crippen molar-refractivity contribution in [2.75, 3.05) is 11.9 Å². The number of benzene rings is 1. The molecule has 1 amide bonds. The second-order valence-corrected chi connectivity index (χ2v) is 4.09. The summed E-state index contributed by atoms with van der Waals surface area (Å²) in [7, 11) is 0. The summed E-state index contributed by atoms with van der Waals surface area (Å²) in [5, 5.41) is 11.5. The van der Waals surface area contributed by atoms with Gasteiger partial charge >= 0.3 is 0 Å². The van der Waals surface area contributed by atoms with E-state index in [1.807, 2.05) is 18.2 Å². The van der Waals surface area contributed by atoms with Gasteiger partial charge in [0.05, 0.1) is 12.1 Å². The van der Waals surface area contributed by atoms with Crippen molar-refractivity contribution in [1.29, 1.82) is 0 Å². The Morgan fingerprint density at radius 3 is 2.85 bits per heavy atom. The molecule has 4 nitrogen and oxygen atoms in total. The second-order valence-electron chi connectivity index (χ2n) is 4.09. The van der Waals surface area contributed by atoms with Crippen LogP contribution in [0.15, 0.2) is 48.8 Å². The van der Waals surface area contributed by atoms with Crippen molar-refractivity contribution in [2.24, 2.45) is 0 Å². The number of amides is 1. The Kier molecular flexibility index (Phi) is 4.87. The Balaban J connectivity index is 2.08. The van der Waals surface area contributed by atoms with Crippen molar-refractivity contribution in [3.63, 3.8) is 0 Å². The number of rotatable bonds is 3. The number of pyridine rings is 1. The molecule has 20 heavy (non-hydrogen) atoms. The minimum absolute atomic E-state index is 0.128. The molecule has 1 aromatic carbocycles. The molecule has 0 aliphatic rings. The minimum atomic E-state index is -0.210. The number of hydrogen-bond acceptors (Lipinski definition) is 3. The summed E-state index contributed by atoms with van der Waals surface area (Å²) in [6.45, 7) is -0.210. The van der Waals surface area contributed by atoms with Crippen LogP contribution in [-0.4, -0.2) is 22.6 Å². The van der Waals surface area contributed by atoms with E-state index < -0.39 is 0 Å². The van der Waals surface area contributed by atoms with Gasteiger partial charge in [0.1, 0.15) is 6.61 Å². The maximum Gasteiger partial charge on any atom is 0.228 e. The van der Waals surface area contributed by atoms with Crippen LogP contribution in [0.5, 0.6) is 0 Å². The average Bonchev–Trinajstić information content (AvgIpc) is 2.47. The number of nitrogens with zero attached hydrogens (tertiary/aromatic N) is 1. The molecule has 0 atom stereocenters. The van der Waals surface area contributed by atoms with E-state index in [2.05, 4.69) is 22.1 Å². The van der Waals surface area contributed by atoms with Crippen LogP contribution in [0.3, 0.4) is 0 Å². The number of carbonyl (C=O) groups excluding carboxylic acids is 1. The van der Waals surface area contributed by atoms with Crippen LogP contribution in [0.2, 0.25) is 0 Å². The monoisotopic (exact) mass is 266 g/mol. The smallest absolute Gasteiger partial charge is 0.228 e. The van der Waals surface area contributed by atoms with E-state index in [0.717, 1.165) is 5.56 Å². The fourth-order valence-electron chi connectivity index (χ4n) is 1.72. The van der Waals surface area contributed by atoms with Gasteiger partial charge in [-0.2, -0.15) is 0 Å². The lowest BCUT2D eigenvalue weighted by atomic mass is 10.1. The molecule has 0 saturated carbocycles. The second kappa shape index (κ2) is 7.07. The Morgan fingerprint density at radius 2 is 2.10 bits per heavy atom. The highest BCUT2D eigenvalue weighted by molar-refractivity contribution is 5.93. The summed E-state index contributed by atoms with van der Waals surface area (Å²) >= 11 is 0. The van der Waals surface area contributed by atoms with Crippen molar-refractivity contribution in [3.05, 3.63) is 59.9 Å². The fourth-order valence-corrected chi connectivity index (χ4v) is 1.72. The van der Waals surface area contributed by atoms with Gasteiger partial charge in [0.2, 0.25) is 5.91 Å². The van der Waals surface area contributed by atoms with E-state index in [1.165, 1.54) is 0 Å². The summed E-state index contributed by atoms with van der Waals surface area (Å²) in [4.78, 5) is 15.9. The molecule has 0 spiro atoms. The van der Waals surface area contributed by atoms with E-state index in [-0.39, 0.29) is 18.9 Å². The first-order valence-electron chi connectivity index (χ1n) is 6.17. The average molecular weight is 266 g/mol. The van der Waals surface area contributed by atoms with Crippen molar-refractivity contribution in [3.8, 4) is 11.8 Å². The predicted octanol–water partition coefficient (Wildman–Crippen LogP) is 1.61. The van der Waals surface area contributed by atoms with Crippen LogP contribution in [0.25, 0.3) is 0 Å². The molecule has 0 saturated heterocycles. The molecule has 0 fully saturated rings. The van der Waals surface area contributed by atoms with Gasteiger partial charge in [-0.15, -0.1) is 0 Å². The standard InChI is InChI=1S/C16H14N2O2/c19-10-4-7-14-6-1-2-8-15(14)18-16(20)11-13-5-3-9-17-12-13/h1-3,5-6,8-9,12,19H,10-11H2,(H,18,20). The number of aromatic nitrogens is 1. The first-order chi connectivity index (χ1) is 9.79. The molecule has 1 aromatic heterocycles. The number of anilines is 1. The van der Waals surface area contributed by atoms with E-state index in [0.29, 0.717) is 11.3 Å². The van der Waals surface area contributed by atoms with Gasteiger partial charge in [-0.1, -0.05) is 30.0 Å². The molecule has 4 heteroatoms. The Morgan fingerprint density at radius 1 is 1.25 bits per heavy atom. The fraction of sp³-hybridized carbons (Fsp3) is 0.125. The van der Waals surface area contributed by atoms with Gasteiger partial charge in [-0.05, 0) is 23.8 Å².